The largest absolute Gasteiger partial charge is 0.463 e. The number of benzene rings is 2. The lowest BCUT2D eigenvalue weighted by molar-refractivity contribution is -0.151. The number of hydrogen-bond acceptors (Lipinski definition) is 4. The van der Waals surface area contributed by atoms with Gasteiger partial charge in [-0.15, -0.1) is 0 Å². The number of carbonyl (C=O) groups excluding carboxylic acids is 3. The molecule has 0 aliphatic rings. The number of ketones is 2. The predicted octanol–water partition coefficient (Wildman–Crippen LogP) is 3.07. The molecule has 3 rings (SSSR count). The molecule has 126 valence electrons. The van der Waals surface area contributed by atoms with Gasteiger partial charge in [0, 0.05) is 28.6 Å². The fourth-order valence-corrected chi connectivity index (χ4v) is 2.87. The summed E-state index contributed by atoms with van der Waals surface area (Å²) in [4.78, 5) is 39.1. The smallest absolute Gasteiger partial charge is 0.374 e. The molecule has 0 spiro atoms. The van der Waals surface area contributed by atoms with Crippen LogP contribution in [0.2, 0.25) is 0 Å². The molecule has 5 nitrogen and oxygen atoms in total. The number of methoxy groups -OCH3 is 1. The first-order valence-electron chi connectivity index (χ1n) is 7.88. The lowest BCUT2D eigenvalue weighted by atomic mass is 9.99. The van der Waals surface area contributed by atoms with E-state index in [1.807, 2.05) is 54.6 Å². The number of H-pyrrole nitrogens is 1. The number of aromatic amines is 1. The first-order valence-corrected chi connectivity index (χ1v) is 7.88. The summed E-state index contributed by atoms with van der Waals surface area (Å²) in [5, 5.41) is 0.746. The van der Waals surface area contributed by atoms with E-state index in [0.29, 0.717) is 12.0 Å². The molecule has 0 radical (unpaired) electrons. The average Bonchev–Trinajstić information content (AvgIpc) is 2.99. The number of esters is 1. The van der Waals surface area contributed by atoms with Gasteiger partial charge in [-0.2, -0.15) is 0 Å². The Morgan fingerprint density at radius 1 is 0.960 bits per heavy atom. The summed E-state index contributed by atoms with van der Waals surface area (Å²) in [6.45, 7) is 0. The second-order valence-electron chi connectivity index (χ2n) is 5.70. The molecule has 5 heteroatoms. The minimum atomic E-state index is -1.00. The Balaban J connectivity index is 2.00. The molecular formula is C20H17NO4. The van der Waals surface area contributed by atoms with Crippen molar-refractivity contribution in [3.63, 3.8) is 0 Å². The molecule has 0 amide bonds. The molecule has 2 aromatic carbocycles. The molecule has 1 N–H and O–H groups in total. The van der Waals surface area contributed by atoms with E-state index in [-0.39, 0.29) is 0 Å². The van der Waals surface area contributed by atoms with Crippen molar-refractivity contribution in [2.24, 2.45) is 0 Å². The number of hydrogen-bond donors (Lipinski definition) is 1. The molecule has 1 aromatic heterocycles. The summed E-state index contributed by atoms with van der Waals surface area (Å²) < 4.78 is 4.40. The molecule has 1 heterocycles. The highest BCUT2D eigenvalue weighted by molar-refractivity contribution is 6.38. The topological polar surface area (TPSA) is 76.2 Å². The van der Waals surface area contributed by atoms with Crippen molar-refractivity contribution < 1.29 is 19.1 Å². The van der Waals surface area contributed by atoms with Crippen LogP contribution in [0.4, 0.5) is 0 Å². The van der Waals surface area contributed by atoms with Gasteiger partial charge in [-0.3, -0.25) is 9.59 Å². The van der Waals surface area contributed by atoms with E-state index in [1.165, 1.54) is 0 Å². The van der Waals surface area contributed by atoms with E-state index in [9.17, 15) is 14.4 Å². The Labute approximate surface area is 144 Å². The molecule has 0 aliphatic heterocycles. The zero-order valence-corrected chi connectivity index (χ0v) is 13.7. The number of carbonyl (C=O) groups is 3. The van der Waals surface area contributed by atoms with Crippen LogP contribution in [0.15, 0.2) is 54.6 Å². The second-order valence-corrected chi connectivity index (χ2v) is 5.70. The van der Waals surface area contributed by atoms with E-state index in [2.05, 4.69) is 9.72 Å². The molecule has 0 unspecified atom stereocenters. The maximum absolute atomic E-state index is 12.7. The Morgan fingerprint density at radius 3 is 2.36 bits per heavy atom. The number of aromatic nitrogens is 1. The molecule has 0 atom stereocenters. The summed E-state index contributed by atoms with van der Waals surface area (Å²) in [5.74, 6) is -2.24. The van der Waals surface area contributed by atoms with Crippen molar-refractivity contribution in [2.75, 3.05) is 7.11 Å². The monoisotopic (exact) mass is 335 g/mol. The number of para-hydroxylation sites is 1. The lowest BCUT2D eigenvalue weighted by Crippen LogP contribution is -2.19. The fourth-order valence-electron chi connectivity index (χ4n) is 2.87. The average molecular weight is 335 g/mol. The van der Waals surface area contributed by atoms with Gasteiger partial charge < -0.3 is 9.72 Å². The van der Waals surface area contributed by atoms with Crippen molar-refractivity contribution in [2.45, 2.75) is 12.8 Å². The molecule has 0 fully saturated rings. The number of nitrogens with one attached hydrogen (secondary N) is 1. The van der Waals surface area contributed by atoms with E-state index in [4.69, 9.17) is 0 Å². The molecule has 0 bridgehead atoms. The normalized spacial score (nSPS) is 10.6. The van der Waals surface area contributed by atoms with Gasteiger partial charge in [-0.05, 0) is 11.6 Å². The summed E-state index contributed by atoms with van der Waals surface area (Å²) in [5.41, 5.74) is 3.05. The van der Waals surface area contributed by atoms with Crippen LogP contribution in [0.25, 0.3) is 10.9 Å². The fraction of sp³-hybridized carbons (Fsp3) is 0.150. The van der Waals surface area contributed by atoms with Crippen LogP contribution < -0.4 is 0 Å². The SMILES string of the molecule is COC(=O)C(=O)CC(=O)c1c(Cc2ccccc2)[nH]c2ccccc12. The van der Waals surface area contributed by atoms with Gasteiger partial charge in [0.2, 0.25) is 5.78 Å². The van der Waals surface area contributed by atoms with Crippen molar-refractivity contribution >= 4 is 28.4 Å². The van der Waals surface area contributed by atoms with Crippen LogP contribution in [0.5, 0.6) is 0 Å². The Bertz CT molecular complexity index is 941. The molecule has 0 aliphatic carbocycles. The van der Waals surface area contributed by atoms with E-state index < -0.39 is 24.0 Å². The van der Waals surface area contributed by atoms with Crippen LogP contribution in [0.1, 0.15) is 28.0 Å². The Morgan fingerprint density at radius 2 is 1.64 bits per heavy atom. The number of rotatable bonds is 6. The number of ether oxygens (including phenoxy) is 1. The summed E-state index contributed by atoms with van der Waals surface area (Å²) in [6.07, 6.45) is 0.0271. The summed E-state index contributed by atoms with van der Waals surface area (Å²) >= 11 is 0. The summed E-state index contributed by atoms with van der Waals surface area (Å²) in [7, 11) is 1.12. The quantitative estimate of drug-likeness (QED) is 0.325. The van der Waals surface area contributed by atoms with Crippen LogP contribution >= 0.6 is 0 Å². The number of Topliss-reactive ketones (excluding diaryl/α,β-unsaturated/α-hetero) is 2. The molecule has 25 heavy (non-hydrogen) atoms. The minimum Gasteiger partial charge on any atom is -0.463 e. The minimum absolute atomic E-state index is 0.390. The van der Waals surface area contributed by atoms with E-state index >= 15 is 0 Å². The zero-order chi connectivity index (χ0) is 17.8. The van der Waals surface area contributed by atoms with E-state index in [0.717, 1.165) is 29.3 Å². The second kappa shape index (κ2) is 7.13. The van der Waals surface area contributed by atoms with Gasteiger partial charge in [-0.25, -0.2) is 4.79 Å². The molecule has 0 saturated carbocycles. The van der Waals surface area contributed by atoms with Crippen LogP contribution in [0, 0.1) is 0 Å². The van der Waals surface area contributed by atoms with E-state index in [1.54, 1.807) is 0 Å². The van der Waals surface area contributed by atoms with Gasteiger partial charge in [0.05, 0.1) is 13.5 Å². The van der Waals surface area contributed by atoms with Gasteiger partial charge >= 0.3 is 5.97 Å². The standard InChI is InChI=1S/C20H17NO4/c1-25-20(24)18(23)12-17(22)19-14-9-5-6-10-15(14)21-16(19)11-13-7-3-2-4-8-13/h2-10,21H,11-12H2,1H3. The van der Waals surface area contributed by atoms with Crippen molar-refractivity contribution in [3.05, 3.63) is 71.4 Å². The predicted molar refractivity (Wildman–Crippen MR) is 93.5 cm³/mol. The number of fused-ring (bicyclic) bond motifs is 1. The molecule has 0 saturated heterocycles. The Hall–Kier alpha value is -3.21. The van der Waals surface area contributed by atoms with Crippen molar-refractivity contribution in [3.8, 4) is 0 Å². The van der Waals surface area contributed by atoms with Gasteiger partial charge in [-0.1, -0.05) is 48.5 Å². The highest BCUT2D eigenvalue weighted by atomic mass is 16.5. The highest BCUT2D eigenvalue weighted by Gasteiger charge is 2.24. The van der Waals surface area contributed by atoms with Gasteiger partial charge in [0.15, 0.2) is 5.78 Å². The van der Waals surface area contributed by atoms with Crippen molar-refractivity contribution in [1.82, 2.24) is 4.98 Å². The van der Waals surface area contributed by atoms with Crippen LogP contribution in [-0.4, -0.2) is 29.6 Å². The maximum atomic E-state index is 12.7. The van der Waals surface area contributed by atoms with Crippen LogP contribution in [0.3, 0.4) is 0 Å². The third-order valence-electron chi connectivity index (χ3n) is 4.02. The first-order chi connectivity index (χ1) is 12.1. The summed E-state index contributed by atoms with van der Waals surface area (Å²) in [6, 6.07) is 17.1. The maximum Gasteiger partial charge on any atom is 0.374 e. The Kier molecular flexibility index (Phi) is 4.75. The highest BCUT2D eigenvalue weighted by Crippen LogP contribution is 2.26. The first kappa shape index (κ1) is 16.6. The van der Waals surface area contributed by atoms with Crippen molar-refractivity contribution in [1.29, 1.82) is 0 Å². The molecular weight excluding hydrogens is 318 g/mol. The van der Waals surface area contributed by atoms with Crippen LogP contribution in [-0.2, 0) is 20.7 Å². The third kappa shape index (κ3) is 3.50. The van der Waals surface area contributed by atoms with Gasteiger partial charge in [0.25, 0.3) is 0 Å². The molecule has 3 aromatic rings. The zero-order valence-electron chi connectivity index (χ0n) is 13.7. The lowest BCUT2D eigenvalue weighted by Gasteiger charge is -2.04. The van der Waals surface area contributed by atoms with Gasteiger partial charge in [0.1, 0.15) is 0 Å². The third-order valence-corrected chi connectivity index (χ3v) is 4.02.